The summed E-state index contributed by atoms with van der Waals surface area (Å²) in [5.74, 6) is 2.29. The Kier molecular flexibility index (Phi) is 4.15. The molecule has 0 aliphatic heterocycles. The molecule has 14 heavy (non-hydrogen) atoms. The summed E-state index contributed by atoms with van der Waals surface area (Å²) < 4.78 is 13.3. The van der Waals surface area contributed by atoms with Gasteiger partial charge in [-0.3, -0.25) is 5.32 Å². The van der Waals surface area contributed by atoms with Gasteiger partial charge in [0, 0.05) is 5.56 Å². The van der Waals surface area contributed by atoms with Gasteiger partial charge < -0.3 is 0 Å². The molecule has 1 nitrogen and oxygen atoms in total. The Bertz CT molecular complexity index is 327. The first kappa shape index (κ1) is 10.7. The fourth-order valence-electron chi connectivity index (χ4n) is 1.26. The first-order valence-electron chi connectivity index (χ1n) is 4.73. The van der Waals surface area contributed by atoms with Crippen molar-refractivity contribution >= 4 is 0 Å². The van der Waals surface area contributed by atoms with Gasteiger partial charge in [-0.25, -0.2) is 4.39 Å². The van der Waals surface area contributed by atoms with Gasteiger partial charge in [0.2, 0.25) is 0 Å². The van der Waals surface area contributed by atoms with Crippen molar-refractivity contribution in [2.45, 2.75) is 19.4 Å². The van der Waals surface area contributed by atoms with Crippen molar-refractivity contribution in [3.63, 3.8) is 0 Å². The molecule has 1 aromatic carbocycles. The predicted octanol–water partition coefficient (Wildman–Crippen LogP) is 2.50. The van der Waals surface area contributed by atoms with Crippen LogP contribution >= 0.6 is 0 Å². The van der Waals surface area contributed by atoms with Crippen LogP contribution in [0.3, 0.4) is 0 Å². The molecule has 1 atom stereocenters. The van der Waals surface area contributed by atoms with Gasteiger partial charge in [-0.05, 0) is 19.0 Å². The maximum absolute atomic E-state index is 13.3. The van der Waals surface area contributed by atoms with Gasteiger partial charge in [0.25, 0.3) is 0 Å². The highest BCUT2D eigenvalue weighted by atomic mass is 19.1. The molecule has 1 unspecified atom stereocenters. The van der Waals surface area contributed by atoms with Crippen LogP contribution in [0.2, 0.25) is 0 Å². The minimum absolute atomic E-state index is 0.251. The van der Waals surface area contributed by atoms with Crippen LogP contribution in [0, 0.1) is 18.2 Å². The molecule has 0 amide bonds. The monoisotopic (exact) mass is 191 g/mol. The van der Waals surface area contributed by atoms with E-state index < -0.39 is 0 Å². The number of terminal acetylenes is 1. The summed E-state index contributed by atoms with van der Waals surface area (Å²) in [5, 5.41) is 3.10. The number of halogens is 1. The van der Waals surface area contributed by atoms with Crippen molar-refractivity contribution in [2.24, 2.45) is 0 Å². The topological polar surface area (TPSA) is 12.0 Å². The fourth-order valence-corrected chi connectivity index (χ4v) is 1.26. The molecule has 1 rings (SSSR count). The van der Waals surface area contributed by atoms with E-state index in [9.17, 15) is 4.39 Å². The van der Waals surface area contributed by atoms with Crippen molar-refractivity contribution < 1.29 is 4.39 Å². The van der Waals surface area contributed by atoms with E-state index in [2.05, 4.69) is 11.2 Å². The van der Waals surface area contributed by atoms with Gasteiger partial charge in [-0.15, -0.1) is 6.42 Å². The summed E-state index contributed by atoms with van der Waals surface area (Å²) in [4.78, 5) is 0. The first-order valence-corrected chi connectivity index (χ1v) is 4.73. The zero-order chi connectivity index (χ0) is 10.4. The zero-order valence-electron chi connectivity index (χ0n) is 8.26. The molecule has 74 valence electrons. The van der Waals surface area contributed by atoms with Gasteiger partial charge in [-0.1, -0.05) is 31.0 Å². The molecule has 1 N–H and O–H groups in total. The van der Waals surface area contributed by atoms with E-state index in [-0.39, 0.29) is 11.9 Å². The standard InChI is InChI=1S/C12H14FN/c1-3-9-14-12(4-2)10-7-5-6-8-11(10)13/h2,5-8,12,14H,3,9H2,1H3. The van der Waals surface area contributed by atoms with E-state index >= 15 is 0 Å². The third-order valence-corrected chi connectivity index (χ3v) is 1.98. The molecule has 0 fully saturated rings. The van der Waals surface area contributed by atoms with Gasteiger partial charge in [0.05, 0.1) is 6.04 Å². The Morgan fingerprint density at radius 1 is 1.50 bits per heavy atom. The van der Waals surface area contributed by atoms with Gasteiger partial charge in [0.15, 0.2) is 0 Å². The van der Waals surface area contributed by atoms with E-state index in [1.54, 1.807) is 18.2 Å². The third-order valence-electron chi connectivity index (χ3n) is 1.98. The fraction of sp³-hybridized carbons (Fsp3) is 0.333. The maximum atomic E-state index is 13.3. The Morgan fingerprint density at radius 2 is 2.21 bits per heavy atom. The molecule has 0 heterocycles. The second kappa shape index (κ2) is 5.41. The maximum Gasteiger partial charge on any atom is 0.128 e. The molecule has 1 aromatic rings. The summed E-state index contributed by atoms with van der Waals surface area (Å²) in [5.41, 5.74) is 0.545. The normalized spacial score (nSPS) is 12.1. The number of hydrogen-bond acceptors (Lipinski definition) is 1. The van der Waals surface area contributed by atoms with E-state index in [0.717, 1.165) is 13.0 Å². The van der Waals surface area contributed by atoms with E-state index in [0.29, 0.717) is 5.56 Å². The molecule has 0 saturated heterocycles. The Morgan fingerprint density at radius 3 is 2.79 bits per heavy atom. The van der Waals surface area contributed by atoms with Crippen LogP contribution in [0.1, 0.15) is 24.9 Å². The van der Waals surface area contributed by atoms with Crippen molar-refractivity contribution in [1.29, 1.82) is 0 Å². The summed E-state index contributed by atoms with van der Waals surface area (Å²) in [6.45, 7) is 2.84. The molecule has 0 saturated carbocycles. The number of rotatable bonds is 4. The average molecular weight is 191 g/mol. The minimum Gasteiger partial charge on any atom is -0.300 e. The number of hydrogen-bond donors (Lipinski definition) is 1. The Balaban J connectivity index is 2.80. The molecular weight excluding hydrogens is 177 g/mol. The number of nitrogens with one attached hydrogen (secondary N) is 1. The smallest absolute Gasteiger partial charge is 0.128 e. The highest BCUT2D eigenvalue weighted by Crippen LogP contribution is 2.15. The SMILES string of the molecule is C#CC(NCCC)c1ccccc1F. The summed E-state index contributed by atoms with van der Waals surface area (Å²) in [6, 6.07) is 6.26. The molecule has 0 radical (unpaired) electrons. The lowest BCUT2D eigenvalue weighted by Crippen LogP contribution is -2.21. The van der Waals surface area contributed by atoms with Crippen LogP contribution in [-0.4, -0.2) is 6.54 Å². The molecule has 0 bridgehead atoms. The number of benzene rings is 1. The van der Waals surface area contributed by atoms with E-state index in [4.69, 9.17) is 6.42 Å². The lowest BCUT2D eigenvalue weighted by Gasteiger charge is -2.13. The molecule has 0 spiro atoms. The minimum atomic E-state index is -0.323. The van der Waals surface area contributed by atoms with E-state index in [1.165, 1.54) is 6.07 Å². The van der Waals surface area contributed by atoms with Crippen LogP contribution in [-0.2, 0) is 0 Å². The van der Waals surface area contributed by atoms with Gasteiger partial charge >= 0.3 is 0 Å². The van der Waals surface area contributed by atoms with Gasteiger partial charge in [-0.2, -0.15) is 0 Å². The van der Waals surface area contributed by atoms with Crippen molar-refractivity contribution in [2.75, 3.05) is 6.54 Å². The average Bonchev–Trinajstić information content (AvgIpc) is 2.21. The van der Waals surface area contributed by atoms with Crippen LogP contribution in [0.15, 0.2) is 24.3 Å². The highest BCUT2D eigenvalue weighted by Gasteiger charge is 2.10. The Hall–Kier alpha value is -1.33. The van der Waals surface area contributed by atoms with Crippen molar-refractivity contribution in [3.05, 3.63) is 35.6 Å². The lowest BCUT2D eigenvalue weighted by atomic mass is 10.1. The Labute approximate surface area is 84.3 Å². The van der Waals surface area contributed by atoms with Crippen molar-refractivity contribution in [1.82, 2.24) is 5.32 Å². The first-order chi connectivity index (χ1) is 6.79. The molecular formula is C12H14FN. The summed E-state index contributed by atoms with van der Waals surface area (Å²) in [6.07, 6.45) is 6.31. The van der Waals surface area contributed by atoms with Crippen LogP contribution in [0.4, 0.5) is 4.39 Å². The van der Waals surface area contributed by atoms with Crippen LogP contribution in [0.25, 0.3) is 0 Å². The summed E-state index contributed by atoms with van der Waals surface area (Å²) in [7, 11) is 0. The van der Waals surface area contributed by atoms with Crippen LogP contribution < -0.4 is 5.32 Å². The molecule has 0 aliphatic rings. The second-order valence-corrected chi connectivity index (χ2v) is 3.08. The third kappa shape index (κ3) is 2.58. The highest BCUT2D eigenvalue weighted by molar-refractivity contribution is 5.27. The molecule has 2 heteroatoms. The second-order valence-electron chi connectivity index (χ2n) is 3.08. The summed E-state index contributed by atoms with van der Waals surface area (Å²) >= 11 is 0. The molecule has 0 aromatic heterocycles. The quantitative estimate of drug-likeness (QED) is 0.721. The van der Waals surface area contributed by atoms with Crippen LogP contribution in [0.5, 0.6) is 0 Å². The zero-order valence-corrected chi connectivity index (χ0v) is 8.26. The largest absolute Gasteiger partial charge is 0.300 e. The molecule has 0 aliphatic carbocycles. The van der Waals surface area contributed by atoms with Crippen molar-refractivity contribution in [3.8, 4) is 12.3 Å². The van der Waals surface area contributed by atoms with E-state index in [1.807, 2.05) is 6.92 Å². The van der Waals surface area contributed by atoms with Gasteiger partial charge in [0.1, 0.15) is 5.82 Å². The lowest BCUT2D eigenvalue weighted by molar-refractivity contribution is 0.563. The predicted molar refractivity (Wildman–Crippen MR) is 56.3 cm³/mol.